The molecule has 0 saturated heterocycles. The molecule has 2 bridgehead atoms. The molecule has 5 aromatic rings. The summed E-state index contributed by atoms with van der Waals surface area (Å²) in [4.78, 5) is 34.1. The molecule has 1 atom stereocenters. The van der Waals surface area contributed by atoms with E-state index in [1.807, 2.05) is 60.7 Å². The minimum Gasteiger partial charge on any atom is -0.324 e. The van der Waals surface area contributed by atoms with Gasteiger partial charge in [0.1, 0.15) is 5.82 Å². The van der Waals surface area contributed by atoms with Crippen molar-refractivity contribution < 1.29 is 14.1 Å². The summed E-state index contributed by atoms with van der Waals surface area (Å²) in [7, 11) is 0. The number of hydrogen-bond acceptors (Lipinski definition) is 4. The predicted octanol–water partition coefficient (Wildman–Crippen LogP) is 6.38. The first-order valence-electron chi connectivity index (χ1n) is 12.7. The van der Waals surface area contributed by atoms with Crippen LogP contribution in [0.3, 0.4) is 0 Å². The molecule has 39 heavy (non-hydrogen) atoms. The summed E-state index contributed by atoms with van der Waals surface area (Å²) in [5.41, 5.74) is 1.61. The number of halogens is 1. The first kappa shape index (κ1) is 23.3. The molecule has 1 heterocycles. The van der Waals surface area contributed by atoms with Gasteiger partial charge >= 0.3 is 0 Å². The number of fused-ring (bicyclic) bond motifs is 2. The number of amides is 1. The standard InChI is InChI=1S/C31H23FN4O3/c1-30(17-31(36(38)39)23-12-6-4-10-21(23)27(30)22-11-5-7-13-24(22)31)28(37)35-29-33-16-26(34-29)20-14-15-25(32)19-9-3-2-8-18(19)20/h2-16,27H,17H2,1H3,(H2,33,34,35,37). The number of nitrogens with zero attached hydrogens (tertiary/aromatic N) is 2. The van der Waals surface area contributed by atoms with E-state index in [4.69, 9.17) is 0 Å². The summed E-state index contributed by atoms with van der Waals surface area (Å²) in [6, 6.07) is 25.0. The fourth-order valence-electron chi connectivity index (χ4n) is 6.82. The summed E-state index contributed by atoms with van der Waals surface area (Å²) in [5, 5.41) is 17.0. The van der Waals surface area contributed by atoms with Crippen molar-refractivity contribution in [3.8, 4) is 11.3 Å². The van der Waals surface area contributed by atoms with E-state index in [1.165, 1.54) is 6.07 Å². The van der Waals surface area contributed by atoms with E-state index in [1.54, 1.807) is 31.3 Å². The monoisotopic (exact) mass is 518 g/mol. The average molecular weight is 519 g/mol. The van der Waals surface area contributed by atoms with Gasteiger partial charge in [0, 0.05) is 39.3 Å². The van der Waals surface area contributed by atoms with Gasteiger partial charge in [0.15, 0.2) is 0 Å². The fraction of sp³-hybridized carbons (Fsp3) is 0.161. The van der Waals surface area contributed by atoms with E-state index in [0.717, 1.165) is 22.1 Å². The predicted molar refractivity (Wildman–Crippen MR) is 145 cm³/mol. The summed E-state index contributed by atoms with van der Waals surface area (Å²) >= 11 is 0. The topological polar surface area (TPSA) is 101 Å². The Balaban J connectivity index is 1.29. The summed E-state index contributed by atoms with van der Waals surface area (Å²) < 4.78 is 14.3. The summed E-state index contributed by atoms with van der Waals surface area (Å²) in [6.45, 7) is 1.80. The molecule has 7 nitrogen and oxygen atoms in total. The molecule has 8 heteroatoms. The Morgan fingerprint density at radius 1 is 0.974 bits per heavy atom. The zero-order valence-corrected chi connectivity index (χ0v) is 20.9. The van der Waals surface area contributed by atoms with Crippen LogP contribution in [0, 0.1) is 21.3 Å². The third kappa shape index (κ3) is 3.08. The molecule has 4 aromatic carbocycles. The number of carbonyl (C=O) groups is 1. The molecule has 0 fully saturated rings. The Bertz CT molecular complexity index is 1780. The van der Waals surface area contributed by atoms with E-state index in [0.29, 0.717) is 22.2 Å². The maximum Gasteiger partial charge on any atom is 0.273 e. The second-order valence-electron chi connectivity index (χ2n) is 10.6. The zero-order chi connectivity index (χ0) is 26.9. The highest BCUT2D eigenvalue weighted by Crippen LogP contribution is 2.64. The lowest BCUT2D eigenvalue weighted by Gasteiger charge is -2.52. The van der Waals surface area contributed by atoms with Gasteiger partial charge < -0.3 is 4.98 Å². The number of rotatable bonds is 4. The van der Waals surface area contributed by atoms with E-state index in [9.17, 15) is 19.3 Å². The Kier molecular flexibility index (Phi) is 4.82. The van der Waals surface area contributed by atoms with Crippen LogP contribution in [0.25, 0.3) is 22.0 Å². The minimum absolute atomic E-state index is 0.0215. The van der Waals surface area contributed by atoms with E-state index in [2.05, 4.69) is 15.3 Å². The molecule has 0 spiro atoms. The Hall–Kier alpha value is -4.85. The SMILES string of the molecule is CC1(C(=O)Nc2ncc(-c3ccc(F)c4ccccc34)[nH]2)CC2([N+](=O)[O-])c3ccccc3C1c1ccccc12. The van der Waals surface area contributed by atoms with Crippen LogP contribution in [-0.4, -0.2) is 20.8 Å². The van der Waals surface area contributed by atoms with Gasteiger partial charge in [-0.05, 0) is 35.6 Å². The van der Waals surface area contributed by atoms with Crippen LogP contribution < -0.4 is 5.32 Å². The second kappa shape index (κ2) is 8.07. The number of anilines is 1. The molecule has 3 aliphatic carbocycles. The van der Waals surface area contributed by atoms with Gasteiger partial charge in [-0.25, -0.2) is 9.37 Å². The van der Waals surface area contributed by atoms with Crippen LogP contribution in [0.15, 0.2) is 91.1 Å². The molecule has 0 aliphatic heterocycles. The van der Waals surface area contributed by atoms with Crippen molar-refractivity contribution in [2.45, 2.75) is 24.8 Å². The number of carbonyl (C=O) groups excluding carboxylic acids is 1. The first-order valence-corrected chi connectivity index (χ1v) is 12.7. The molecule has 2 N–H and O–H groups in total. The Labute approximate surface area is 222 Å². The summed E-state index contributed by atoms with van der Waals surface area (Å²) in [5.74, 6) is -0.805. The van der Waals surface area contributed by atoms with Crippen LogP contribution in [0.1, 0.15) is 41.5 Å². The van der Waals surface area contributed by atoms with Crippen molar-refractivity contribution in [2.75, 3.05) is 5.32 Å². The molecule has 1 amide bonds. The van der Waals surface area contributed by atoms with Gasteiger partial charge in [-0.3, -0.25) is 20.2 Å². The lowest BCUT2D eigenvalue weighted by Crippen LogP contribution is -2.57. The number of aromatic nitrogens is 2. The van der Waals surface area contributed by atoms with Gasteiger partial charge in [-0.15, -0.1) is 0 Å². The molecule has 8 rings (SSSR count). The average Bonchev–Trinajstić information content (AvgIpc) is 3.41. The number of aromatic amines is 1. The Morgan fingerprint density at radius 3 is 2.26 bits per heavy atom. The number of benzene rings is 4. The van der Waals surface area contributed by atoms with Crippen LogP contribution in [0.2, 0.25) is 0 Å². The molecule has 0 saturated carbocycles. The highest BCUT2D eigenvalue weighted by atomic mass is 19.1. The maximum atomic E-state index is 14.3. The van der Waals surface area contributed by atoms with Crippen molar-refractivity contribution >= 4 is 22.6 Å². The number of imidazole rings is 1. The van der Waals surface area contributed by atoms with Crippen LogP contribution >= 0.6 is 0 Å². The van der Waals surface area contributed by atoms with Crippen molar-refractivity contribution in [1.82, 2.24) is 9.97 Å². The molecule has 1 aromatic heterocycles. The normalized spacial score (nSPS) is 22.8. The number of nitrogens with one attached hydrogen (secondary N) is 2. The van der Waals surface area contributed by atoms with Crippen LogP contribution in [0.4, 0.5) is 10.3 Å². The number of H-pyrrole nitrogens is 1. The number of hydrogen-bond donors (Lipinski definition) is 2. The van der Waals surface area contributed by atoms with Gasteiger partial charge in [-0.2, -0.15) is 0 Å². The highest BCUT2D eigenvalue weighted by molar-refractivity contribution is 5.98. The lowest BCUT2D eigenvalue weighted by molar-refractivity contribution is -0.573. The third-order valence-electron chi connectivity index (χ3n) is 8.49. The van der Waals surface area contributed by atoms with E-state index >= 15 is 0 Å². The fourth-order valence-corrected chi connectivity index (χ4v) is 6.82. The van der Waals surface area contributed by atoms with Gasteiger partial charge in [0.05, 0.1) is 17.3 Å². The van der Waals surface area contributed by atoms with E-state index in [-0.39, 0.29) is 34.9 Å². The van der Waals surface area contributed by atoms with Crippen LogP contribution in [-0.2, 0) is 10.3 Å². The highest BCUT2D eigenvalue weighted by Gasteiger charge is 2.67. The van der Waals surface area contributed by atoms with Crippen molar-refractivity contribution in [2.24, 2.45) is 5.41 Å². The van der Waals surface area contributed by atoms with Crippen molar-refractivity contribution in [3.05, 3.63) is 129 Å². The molecule has 0 radical (unpaired) electrons. The molecule has 1 unspecified atom stereocenters. The first-order chi connectivity index (χ1) is 18.8. The largest absolute Gasteiger partial charge is 0.324 e. The second-order valence-corrected chi connectivity index (χ2v) is 10.6. The molecular weight excluding hydrogens is 495 g/mol. The van der Waals surface area contributed by atoms with Crippen molar-refractivity contribution in [3.63, 3.8) is 0 Å². The Morgan fingerprint density at radius 2 is 1.59 bits per heavy atom. The number of nitro groups is 1. The van der Waals surface area contributed by atoms with Gasteiger partial charge in [0.2, 0.25) is 11.9 Å². The van der Waals surface area contributed by atoms with E-state index < -0.39 is 11.0 Å². The quantitative estimate of drug-likeness (QED) is 0.213. The van der Waals surface area contributed by atoms with Gasteiger partial charge in [0.25, 0.3) is 5.54 Å². The molecule has 192 valence electrons. The third-order valence-corrected chi connectivity index (χ3v) is 8.49. The maximum absolute atomic E-state index is 14.3. The van der Waals surface area contributed by atoms with Crippen molar-refractivity contribution in [1.29, 1.82) is 0 Å². The minimum atomic E-state index is -1.53. The van der Waals surface area contributed by atoms with Crippen LogP contribution in [0.5, 0.6) is 0 Å². The lowest BCUT2D eigenvalue weighted by atomic mass is 9.49. The summed E-state index contributed by atoms with van der Waals surface area (Å²) in [6.07, 6.45) is 1.61. The smallest absolute Gasteiger partial charge is 0.273 e. The van der Waals surface area contributed by atoms with Gasteiger partial charge in [-0.1, -0.05) is 72.8 Å². The zero-order valence-electron chi connectivity index (χ0n) is 20.9. The molecular formula is C31H23FN4O3. The molecule has 3 aliphatic rings.